The Balaban J connectivity index is -0.0000000150. The Hall–Kier alpha value is 1.46. The van der Waals surface area contributed by atoms with Gasteiger partial charge in [0.1, 0.15) is 0 Å². The van der Waals surface area contributed by atoms with E-state index in [4.69, 9.17) is 0 Å². The van der Waals surface area contributed by atoms with Gasteiger partial charge in [-0.1, -0.05) is 0 Å². The molecule has 0 rings (SSSR count). The molecule has 0 heterocycles. The maximum atomic E-state index is 2.08. The summed E-state index contributed by atoms with van der Waals surface area (Å²) in [6, 6.07) is 0. The summed E-state index contributed by atoms with van der Waals surface area (Å²) in [5.41, 5.74) is 0. The maximum absolute atomic E-state index is 2.08. The summed E-state index contributed by atoms with van der Waals surface area (Å²) >= 11 is 0. The first-order chi connectivity index (χ1) is 1.73. The molecule has 0 amide bonds. The van der Waals surface area contributed by atoms with Crippen LogP contribution in [-0.4, -0.2) is 0 Å². The van der Waals surface area contributed by atoms with Crippen LogP contribution < -0.4 is 0 Å². The summed E-state index contributed by atoms with van der Waals surface area (Å²) in [7, 11) is 0. The zero-order valence-corrected chi connectivity index (χ0v) is 8.91. The number of hydrogen-bond acceptors (Lipinski definition) is 0. The molecule has 0 aromatic rings. The zero-order chi connectivity index (χ0) is 3.58. The minimum atomic E-state index is 0. The molecular formula is C4H11Cl2Zr-. The van der Waals surface area contributed by atoms with E-state index in [0.29, 0.717) is 0 Å². The van der Waals surface area contributed by atoms with Crippen LogP contribution in [0, 0.1) is 5.92 Å². The average Bonchev–Trinajstić information content (AvgIpc) is 0.811. The summed E-state index contributed by atoms with van der Waals surface area (Å²) in [4.78, 5) is 0. The van der Waals surface area contributed by atoms with E-state index in [-0.39, 0.29) is 51.0 Å². The molecule has 0 N–H and O–H groups in total. The van der Waals surface area contributed by atoms with Crippen molar-refractivity contribution in [3.63, 3.8) is 0 Å². The molecule has 0 saturated heterocycles. The van der Waals surface area contributed by atoms with Crippen LogP contribution >= 0.6 is 24.8 Å². The fraction of sp³-hybridized carbons (Fsp3) is 0.750. The Morgan fingerprint density at radius 3 is 0.857 bits per heavy atom. The molecule has 0 unspecified atom stereocenters. The maximum Gasteiger partial charge on any atom is 0 e. The van der Waals surface area contributed by atoms with Gasteiger partial charge in [0.15, 0.2) is 0 Å². The van der Waals surface area contributed by atoms with Crippen LogP contribution in [0.25, 0.3) is 0 Å². The van der Waals surface area contributed by atoms with Gasteiger partial charge >= 0.3 is 0 Å². The van der Waals surface area contributed by atoms with Gasteiger partial charge in [0.05, 0.1) is 0 Å². The quantitative estimate of drug-likeness (QED) is 0.551. The SMILES string of the molecule is C[C-](C)C.Cl.Cl.[Zr]. The Bertz CT molecular complexity index is 14.4. The van der Waals surface area contributed by atoms with E-state index >= 15 is 0 Å². The van der Waals surface area contributed by atoms with Gasteiger partial charge in [-0.2, -0.15) is 20.8 Å². The smallest absolute Gasteiger partial charge is 0 e. The summed E-state index contributed by atoms with van der Waals surface area (Å²) in [5.74, 6) is 1.42. The zero-order valence-electron chi connectivity index (χ0n) is 4.82. The van der Waals surface area contributed by atoms with Crippen molar-refractivity contribution in [1.82, 2.24) is 0 Å². The molecule has 0 spiro atoms. The van der Waals surface area contributed by atoms with E-state index < -0.39 is 0 Å². The molecule has 0 fully saturated rings. The largest absolute Gasteiger partial charge is 0.323 e. The molecule has 46 valence electrons. The van der Waals surface area contributed by atoms with Crippen LogP contribution in [-0.2, 0) is 26.2 Å². The fourth-order valence-corrected chi connectivity index (χ4v) is 0. The van der Waals surface area contributed by atoms with Crippen LogP contribution in [0.5, 0.6) is 0 Å². The van der Waals surface area contributed by atoms with Gasteiger partial charge < -0.3 is 5.92 Å². The number of hydrogen-bond donors (Lipinski definition) is 0. The van der Waals surface area contributed by atoms with Gasteiger partial charge in [-0.05, 0) is 0 Å². The van der Waals surface area contributed by atoms with Gasteiger partial charge in [0.25, 0.3) is 0 Å². The van der Waals surface area contributed by atoms with Crippen LogP contribution in [0.4, 0.5) is 0 Å². The van der Waals surface area contributed by atoms with Crippen LogP contribution in [0.1, 0.15) is 20.8 Å². The fourth-order valence-electron chi connectivity index (χ4n) is 0. The predicted molar refractivity (Wildman–Crippen MR) is 34.8 cm³/mol. The first-order valence-electron chi connectivity index (χ1n) is 1.50. The third-order valence-corrected chi connectivity index (χ3v) is 0. The van der Waals surface area contributed by atoms with Crippen molar-refractivity contribution in [1.29, 1.82) is 0 Å². The molecule has 0 bridgehead atoms. The van der Waals surface area contributed by atoms with Gasteiger partial charge in [-0.15, -0.1) is 24.8 Å². The average molecular weight is 221 g/mol. The van der Waals surface area contributed by atoms with E-state index in [1.807, 2.05) is 0 Å². The van der Waals surface area contributed by atoms with E-state index in [9.17, 15) is 0 Å². The second kappa shape index (κ2) is 15.7. The van der Waals surface area contributed by atoms with Crippen LogP contribution in [0.15, 0.2) is 0 Å². The molecule has 0 radical (unpaired) electrons. The Labute approximate surface area is 77.4 Å². The Kier molecular flexibility index (Phi) is 52.9. The molecule has 0 aliphatic heterocycles. The molecule has 0 aromatic heterocycles. The molecule has 0 aliphatic rings. The van der Waals surface area contributed by atoms with Crippen LogP contribution in [0.3, 0.4) is 0 Å². The second-order valence-corrected chi connectivity index (χ2v) is 1.50. The standard InChI is InChI=1S/C4H9.2ClH.Zr/c1-4(2)3;;;/h1-3H3;2*1H;/q-1;;;. The van der Waals surface area contributed by atoms with Crippen molar-refractivity contribution in [3.05, 3.63) is 5.92 Å². The van der Waals surface area contributed by atoms with E-state index in [2.05, 4.69) is 20.8 Å². The van der Waals surface area contributed by atoms with Gasteiger partial charge in [0.2, 0.25) is 0 Å². The first kappa shape index (κ1) is 23.7. The van der Waals surface area contributed by atoms with Crippen molar-refractivity contribution in [3.8, 4) is 0 Å². The van der Waals surface area contributed by atoms with E-state index in [0.717, 1.165) is 0 Å². The van der Waals surface area contributed by atoms with Crippen LogP contribution in [0.2, 0.25) is 0 Å². The number of halogens is 2. The Morgan fingerprint density at radius 2 is 0.857 bits per heavy atom. The summed E-state index contributed by atoms with van der Waals surface area (Å²) < 4.78 is 0. The first-order valence-corrected chi connectivity index (χ1v) is 1.50. The van der Waals surface area contributed by atoms with Crippen molar-refractivity contribution < 1.29 is 26.2 Å². The molecule has 3 heteroatoms. The van der Waals surface area contributed by atoms with Crippen molar-refractivity contribution >= 4 is 24.8 Å². The third kappa shape index (κ3) is 104. The van der Waals surface area contributed by atoms with E-state index in [1.165, 1.54) is 5.92 Å². The van der Waals surface area contributed by atoms with Crippen molar-refractivity contribution in [2.45, 2.75) is 20.8 Å². The van der Waals surface area contributed by atoms with Crippen molar-refractivity contribution in [2.24, 2.45) is 0 Å². The minimum absolute atomic E-state index is 0. The molecule has 0 saturated carbocycles. The van der Waals surface area contributed by atoms with Gasteiger partial charge in [-0.3, -0.25) is 0 Å². The predicted octanol–water partition coefficient (Wildman–Crippen LogP) is 2.46. The molecule has 0 aromatic carbocycles. The molecule has 0 aliphatic carbocycles. The summed E-state index contributed by atoms with van der Waals surface area (Å²) in [5, 5.41) is 0. The minimum Gasteiger partial charge on any atom is -0.323 e. The second-order valence-electron chi connectivity index (χ2n) is 1.50. The third-order valence-electron chi connectivity index (χ3n) is 0. The number of rotatable bonds is 0. The Morgan fingerprint density at radius 1 is 0.857 bits per heavy atom. The topological polar surface area (TPSA) is 0 Å². The van der Waals surface area contributed by atoms with E-state index in [1.54, 1.807) is 0 Å². The molecule has 0 atom stereocenters. The molecule has 7 heavy (non-hydrogen) atoms. The molecule has 0 nitrogen and oxygen atoms in total. The van der Waals surface area contributed by atoms with Gasteiger partial charge in [0, 0.05) is 26.2 Å². The molecular weight excluding hydrogens is 210 g/mol. The summed E-state index contributed by atoms with van der Waals surface area (Å²) in [6.07, 6.45) is 0. The monoisotopic (exact) mass is 219 g/mol. The van der Waals surface area contributed by atoms with Gasteiger partial charge in [-0.25, -0.2) is 0 Å². The van der Waals surface area contributed by atoms with Crippen molar-refractivity contribution in [2.75, 3.05) is 0 Å². The normalized spacial score (nSPS) is 5.14. The summed E-state index contributed by atoms with van der Waals surface area (Å²) in [6.45, 7) is 6.25.